The predicted molar refractivity (Wildman–Crippen MR) is 88.7 cm³/mol. The van der Waals surface area contributed by atoms with Gasteiger partial charge in [-0.2, -0.15) is 5.26 Å². The van der Waals surface area contributed by atoms with Gasteiger partial charge >= 0.3 is 0 Å². The molecule has 1 aromatic carbocycles. The Morgan fingerprint density at radius 2 is 2.24 bits per heavy atom. The minimum atomic E-state index is 0.536. The van der Waals surface area contributed by atoms with Crippen LogP contribution in [0.15, 0.2) is 47.3 Å². The molecule has 0 aliphatic carbocycles. The second kappa shape index (κ2) is 5.72. The molecule has 0 bridgehead atoms. The van der Waals surface area contributed by atoms with Crippen LogP contribution in [0.1, 0.15) is 11.1 Å². The van der Waals surface area contributed by atoms with Crippen LogP contribution in [0.4, 0.5) is 0 Å². The standard InChI is InChI=1S/C16H9BrClN3/c17-12-1-2-16-13(6-12)14(9-21-16)10(7-19)5-11-8-20-4-3-15(11)18/h1-6,8-9,21H. The van der Waals surface area contributed by atoms with E-state index in [2.05, 4.69) is 32.0 Å². The molecule has 3 aromatic rings. The lowest BCUT2D eigenvalue weighted by molar-refractivity contribution is 1.32. The van der Waals surface area contributed by atoms with Crippen molar-refractivity contribution in [3.8, 4) is 6.07 Å². The van der Waals surface area contributed by atoms with E-state index in [1.165, 1.54) is 0 Å². The van der Waals surface area contributed by atoms with E-state index < -0.39 is 0 Å². The average Bonchev–Trinajstić information content (AvgIpc) is 2.89. The van der Waals surface area contributed by atoms with Gasteiger partial charge in [0.25, 0.3) is 0 Å². The second-order valence-corrected chi connectivity index (χ2v) is 5.78. The van der Waals surface area contributed by atoms with E-state index >= 15 is 0 Å². The molecule has 1 N–H and O–H groups in total. The zero-order chi connectivity index (χ0) is 14.8. The number of hydrogen-bond donors (Lipinski definition) is 1. The molecule has 0 spiro atoms. The first-order valence-electron chi connectivity index (χ1n) is 6.17. The van der Waals surface area contributed by atoms with Crippen LogP contribution in [0.3, 0.4) is 0 Å². The number of aromatic amines is 1. The third-order valence-corrected chi connectivity index (χ3v) is 3.99. The van der Waals surface area contributed by atoms with Gasteiger partial charge in [0.05, 0.1) is 16.7 Å². The third-order valence-electron chi connectivity index (χ3n) is 3.15. The number of aromatic nitrogens is 2. The molecule has 3 nitrogen and oxygen atoms in total. The summed E-state index contributed by atoms with van der Waals surface area (Å²) in [5.74, 6) is 0. The summed E-state index contributed by atoms with van der Waals surface area (Å²) < 4.78 is 0.965. The highest BCUT2D eigenvalue weighted by Crippen LogP contribution is 2.29. The van der Waals surface area contributed by atoms with Crippen molar-refractivity contribution in [3.63, 3.8) is 0 Å². The van der Waals surface area contributed by atoms with Crippen LogP contribution >= 0.6 is 27.5 Å². The fraction of sp³-hybridized carbons (Fsp3) is 0. The highest BCUT2D eigenvalue weighted by atomic mass is 79.9. The number of hydrogen-bond acceptors (Lipinski definition) is 2. The second-order valence-electron chi connectivity index (χ2n) is 4.46. The molecule has 0 atom stereocenters. The molecule has 0 aliphatic rings. The summed E-state index contributed by atoms with van der Waals surface area (Å²) in [7, 11) is 0. The van der Waals surface area contributed by atoms with Crippen molar-refractivity contribution in [2.45, 2.75) is 0 Å². The fourth-order valence-corrected chi connectivity index (χ4v) is 2.66. The molecule has 2 heterocycles. The van der Waals surface area contributed by atoms with Gasteiger partial charge in [-0.15, -0.1) is 0 Å². The molecule has 0 amide bonds. The number of pyridine rings is 1. The highest BCUT2D eigenvalue weighted by molar-refractivity contribution is 9.10. The van der Waals surface area contributed by atoms with E-state index in [4.69, 9.17) is 11.6 Å². The molecule has 0 radical (unpaired) electrons. The minimum Gasteiger partial charge on any atom is -0.361 e. The van der Waals surface area contributed by atoms with Gasteiger partial charge in [0, 0.05) is 45.1 Å². The molecule has 0 unspecified atom stereocenters. The number of benzene rings is 1. The summed E-state index contributed by atoms with van der Waals surface area (Å²) in [6.07, 6.45) is 6.84. The monoisotopic (exact) mass is 357 g/mol. The Morgan fingerprint density at radius 3 is 3.00 bits per heavy atom. The van der Waals surface area contributed by atoms with Crippen molar-refractivity contribution >= 4 is 50.1 Å². The third kappa shape index (κ3) is 2.71. The molecule has 5 heteroatoms. The number of rotatable bonds is 2. The Bertz CT molecular complexity index is 890. The van der Waals surface area contributed by atoms with Crippen LogP contribution < -0.4 is 0 Å². The van der Waals surface area contributed by atoms with Crippen LogP contribution in [-0.4, -0.2) is 9.97 Å². The number of fused-ring (bicyclic) bond motifs is 1. The topological polar surface area (TPSA) is 52.5 Å². The SMILES string of the molecule is N#CC(=Cc1cnccc1Cl)c1c[nH]c2ccc(Br)cc12. The molecule has 2 aromatic heterocycles. The van der Waals surface area contributed by atoms with Crippen molar-refractivity contribution in [1.82, 2.24) is 9.97 Å². The van der Waals surface area contributed by atoms with Gasteiger partial charge in [0.1, 0.15) is 0 Å². The molecular formula is C16H9BrClN3. The van der Waals surface area contributed by atoms with Gasteiger partial charge in [-0.1, -0.05) is 27.5 Å². The van der Waals surface area contributed by atoms with E-state index in [1.54, 1.807) is 24.5 Å². The number of nitrogens with one attached hydrogen (secondary N) is 1. The van der Waals surface area contributed by atoms with Gasteiger partial charge in [0.2, 0.25) is 0 Å². The maximum Gasteiger partial charge on any atom is 0.0998 e. The molecular weight excluding hydrogens is 350 g/mol. The van der Waals surface area contributed by atoms with Crippen LogP contribution in [-0.2, 0) is 0 Å². The maximum absolute atomic E-state index is 9.47. The first-order valence-corrected chi connectivity index (χ1v) is 7.34. The Morgan fingerprint density at radius 1 is 1.38 bits per heavy atom. The largest absolute Gasteiger partial charge is 0.361 e. The van der Waals surface area contributed by atoms with E-state index in [1.807, 2.05) is 24.4 Å². The summed E-state index contributed by atoms with van der Waals surface area (Å²) in [4.78, 5) is 7.21. The first-order chi connectivity index (χ1) is 10.2. The van der Waals surface area contributed by atoms with E-state index in [0.717, 1.165) is 26.5 Å². The van der Waals surface area contributed by atoms with Gasteiger partial charge < -0.3 is 4.98 Å². The van der Waals surface area contributed by atoms with Crippen LogP contribution in [0.5, 0.6) is 0 Å². The number of allylic oxidation sites excluding steroid dienone is 1. The lowest BCUT2D eigenvalue weighted by Gasteiger charge is -2.00. The summed E-state index contributed by atoms with van der Waals surface area (Å²) in [6, 6.07) is 9.84. The molecule has 0 fully saturated rings. The molecule has 102 valence electrons. The van der Waals surface area contributed by atoms with Crippen molar-refractivity contribution in [3.05, 3.63) is 63.5 Å². The minimum absolute atomic E-state index is 0.536. The van der Waals surface area contributed by atoms with Crippen LogP contribution in [0.2, 0.25) is 5.02 Å². The number of nitrogens with zero attached hydrogens (tertiary/aromatic N) is 2. The van der Waals surface area contributed by atoms with Crippen molar-refractivity contribution in [2.24, 2.45) is 0 Å². The van der Waals surface area contributed by atoms with Gasteiger partial charge in [0.15, 0.2) is 0 Å². The van der Waals surface area contributed by atoms with Crippen molar-refractivity contribution < 1.29 is 0 Å². The Hall–Kier alpha value is -2.09. The zero-order valence-electron chi connectivity index (χ0n) is 10.8. The van der Waals surface area contributed by atoms with E-state index in [0.29, 0.717) is 10.6 Å². The summed E-state index contributed by atoms with van der Waals surface area (Å²) in [6.45, 7) is 0. The molecule has 0 saturated heterocycles. The van der Waals surface area contributed by atoms with E-state index in [9.17, 15) is 5.26 Å². The normalized spacial score (nSPS) is 11.6. The lowest BCUT2D eigenvalue weighted by atomic mass is 10.0. The summed E-state index contributed by atoms with van der Waals surface area (Å²) >= 11 is 9.57. The lowest BCUT2D eigenvalue weighted by Crippen LogP contribution is -1.83. The molecule has 21 heavy (non-hydrogen) atoms. The highest BCUT2D eigenvalue weighted by Gasteiger charge is 2.10. The average molecular weight is 359 g/mol. The van der Waals surface area contributed by atoms with E-state index in [-0.39, 0.29) is 0 Å². The van der Waals surface area contributed by atoms with Gasteiger partial charge in [-0.3, -0.25) is 4.98 Å². The predicted octanol–water partition coefficient (Wildman–Crippen LogP) is 5.04. The molecule has 3 rings (SSSR count). The van der Waals surface area contributed by atoms with Gasteiger partial charge in [-0.25, -0.2) is 0 Å². The van der Waals surface area contributed by atoms with Crippen molar-refractivity contribution in [2.75, 3.05) is 0 Å². The summed E-state index contributed by atoms with van der Waals surface area (Å²) in [5.41, 5.74) is 3.08. The quantitative estimate of drug-likeness (QED) is 0.652. The fourth-order valence-electron chi connectivity index (χ4n) is 2.14. The number of nitriles is 1. The first kappa shape index (κ1) is 13.9. The summed E-state index contributed by atoms with van der Waals surface area (Å²) in [5, 5.41) is 11.0. The van der Waals surface area contributed by atoms with Crippen molar-refractivity contribution in [1.29, 1.82) is 5.26 Å². The Labute approximate surface area is 135 Å². The molecule has 0 aliphatic heterocycles. The number of halogens is 2. The Balaban J connectivity index is 2.18. The van der Waals surface area contributed by atoms with Crippen LogP contribution in [0, 0.1) is 11.3 Å². The van der Waals surface area contributed by atoms with Crippen LogP contribution in [0.25, 0.3) is 22.6 Å². The van der Waals surface area contributed by atoms with Gasteiger partial charge in [-0.05, 0) is 30.3 Å². The molecule has 0 saturated carbocycles. The smallest absolute Gasteiger partial charge is 0.0998 e. The number of H-pyrrole nitrogens is 1. The maximum atomic E-state index is 9.47. The zero-order valence-corrected chi connectivity index (χ0v) is 13.1. The Kier molecular flexibility index (Phi) is 3.78.